The van der Waals surface area contributed by atoms with Crippen LogP contribution in [0.25, 0.3) is 0 Å². The highest BCUT2D eigenvalue weighted by atomic mass is 79.9. The Morgan fingerprint density at radius 3 is 1.17 bits per heavy atom. The molecule has 2 nitrogen and oxygen atoms in total. The molecule has 0 aromatic rings. The maximum Gasteiger partial charge on any atom is 0.0834 e. The first-order valence-electron chi connectivity index (χ1n) is 2.90. The Morgan fingerprint density at radius 1 is 0.750 bits per heavy atom. The van der Waals surface area contributed by atoms with Crippen molar-refractivity contribution in [2.24, 2.45) is 10.2 Å². The first-order valence-corrected chi connectivity index (χ1v) is 6.08. The normalized spacial score (nSPS) is 10.2. The van der Waals surface area contributed by atoms with Gasteiger partial charge < -0.3 is 0 Å². The lowest BCUT2D eigenvalue weighted by Gasteiger charge is -1.92. The second-order valence-corrected chi connectivity index (χ2v) is 7.19. The summed E-state index contributed by atoms with van der Waals surface area (Å²) >= 11 is 12.9. The van der Waals surface area contributed by atoms with Crippen molar-refractivity contribution in [3.63, 3.8) is 0 Å². The zero-order valence-corrected chi connectivity index (χ0v) is 12.8. The predicted octanol–water partition coefficient (Wildman–Crippen LogP) is 5.40. The number of rotatable bonds is 2. The Balaban J connectivity index is 4.48. The van der Waals surface area contributed by atoms with Gasteiger partial charge in [-0.3, -0.25) is 0 Å². The van der Waals surface area contributed by atoms with Crippen LogP contribution in [0.5, 0.6) is 0 Å². The summed E-state index contributed by atoms with van der Waals surface area (Å²) in [6.45, 7) is 3.69. The molecule has 0 radical (unpaired) electrons. The van der Waals surface area contributed by atoms with E-state index in [1.165, 1.54) is 0 Å². The van der Waals surface area contributed by atoms with Crippen LogP contribution in [0.1, 0.15) is 13.8 Å². The smallest absolute Gasteiger partial charge is 0.0834 e. The Kier molecular flexibility index (Phi) is 6.99. The van der Waals surface area contributed by atoms with Crippen molar-refractivity contribution in [1.29, 1.82) is 0 Å². The summed E-state index contributed by atoms with van der Waals surface area (Å²) in [6, 6.07) is 0. The number of allylic oxidation sites excluding steroid dienone is 2. The van der Waals surface area contributed by atoms with Crippen LogP contribution < -0.4 is 0 Å². The molecule has 68 valence electrons. The van der Waals surface area contributed by atoms with Gasteiger partial charge in [-0.1, -0.05) is 0 Å². The molecule has 0 saturated carbocycles. The highest BCUT2D eigenvalue weighted by Crippen LogP contribution is 2.23. The van der Waals surface area contributed by atoms with Crippen molar-refractivity contribution in [2.45, 2.75) is 13.8 Å². The van der Waals surface area contributed by atoms with Crippen LogP contribution in [0, 0.1) is 0 Å². The molecule has 0 heterocycles. The molecule has 0 rings (SSSR count). The molecular weight excluding hydrogens is 420 g/mol. The van der Waals surface area contributed by atoms with Crippen LogP contribution in [-0.4, -0.2) is 0 Å². The molecule has 0 atom stereocenters. The van der Waals surface area contributed by atoms with Crippen molar-refractivity contribution in [3.05, 3.63) is 18.2 Å². The van der Waals surface area contributed by atoms with Crippen LogP contribution in [0.15, 0.2) is 28.4 Å². The molecule has 0 spiro atoms. The Morgan fingerprint density at radius 2 is 1.00 bits per heavy atom. The van der Waals surface area contributed by atoms with Crippen molar-refractivity contribution >= 4 is 63.7 Å². The monoisotopic (exact) mass is 422 g/mol. The summed E-state index contributed by atoms with van der Waals surface area (Å²) in [6.07, 6.45) is 0. The van der Waals surface area contributed by atoms with E-state index in [1.807, 2.05) is 13.8 Å². The molecule has 0 bridgehead atoms. The van der Waals surface area contributed by atoms with Crippen molar-refractivity contribution in [3.8, 4) is 0 Å². The minimum absolute atomic E-state index is 0.788. The quantitative estimate of drug-likeness (QED) is 0.530. The van der Waals surface area contributed by atoms with Crippen LogP contribution in [0.2, 0.25) is 0 Å². The first-order chi connectivity index (χ1) is 5.45. The summed E-state index contributed by atoms with van der Waals surface area (Å²) in [5.74, 6) is 0. The summed E-state index contributed by atoms with van der Waals surface area (Å²) in [7, 11) is 0. The van der Waals surface area contributed by atoms with E-state index in [-0.39, 0.29) is 0 Å². The molecule has 12 heavy (non-hydrogen) atoms. The molecular formula is C6H6Br4N2. The number of hydrogen-bond acceptors (Lipinski definition) is 2. The van der Waals surface area contributed by atoms with Crippen molar-refractivity contribution < 1.29 is 0 Å². The van der Waals surface area contributed by atoms with E-state index in [1.54, 1.807) is 0 Å². The average Bonchev–Trinajstić information content (AvgIpc) is 1.98. The van der Waals surface area contributed by atoms with E-state index in [4.69, 9.17) is 0 Å². The molecule has 0 amide bonds. The number of hydrogen-bond donors (Lipinski definition) is 0. The van der Waals surface area contributed by atoms with Crippen LogP contribution >= 0.6 is 63.7 Å². The van der Waals surface area contributed by atoms with E-state index in [9.17, 15) is 0 Å². The van der Waals surface area contributed by atoms with E-state index in [2.05, 4.69) is 73.9 Å². The molecule has 0 aliphatic carbocycles. The third kappa shape index (κ3) is 5.61. The fraction of sp³-hybridized carbons (Fsp3) is 0.333. The predicted molar refractivity (Wildman–Crippen MR) is 66.0 cm³/mol. The topological polar surface area (TPSA) is 24.7 Å². The van der Waals surface area contributed by atoms with E-state index in [0.717, 1.165) is 18.2 Å². The minimum atomic E-state index is 0.788. The van der Waals surface area contributed by atoms with Gasteiger partial charge in [0.2, 0.25) is 0 Å². The molecule has 0 saturated heterocycles. The first kappa shape index (κ1) is 13.0. The molecule has 0 aromatic carbocycles. The van der Waals surface area contributed by atoms with Gasteiger partial charge in [-0.05, 0) is 77.6 Å². The van der Waals surface area contributed by atoms with E-state index in [0.29, 0.717) is 0 Å². The maximum absolute atomic E-state index is 3.94. The number of azo groups is 1. The van der Waals surface area contributed by atoms with Gasteiger partial charge in [-0.25, -0.2) is 0 Å². The van der Waals surface area contributed by atoms with Gasteiger partial charge in [0.15, 0.2) is 0 Å². The van der Waals surface area contributed by atoms with Crippen LogP contribution in [0.4, 0.5) is 0 Å². The van der Waals surface area contributed by atoms with Gasteiger partial charge in [0.05, 0.1) is 18.2 Å². The van der Waals surface area contributed by atoms with Gasteiger partial charge in [0, 0.05) is 0 Å². The summed E-state index contributed by atoms with van der Waals surface area (Å²) < 4.78 is 1.61. The summed E-state index contributed by atoms with van der Waals surface area (Å²) in [5, 5.41) is 7.88. The van der Waals surface area contributed by atoms with E-state index < -0.39 is 0 Å². The lowest BCUT2D eigenvalue weighted by Crippen LogP contribution is -1.70. The Labute approximate surface area is 105 Å². The molecule has 0 unspecified atom stereocenters. The van der Waals surface area contributed by atoms with Crippen molar-refractivity contribution in [1.82, 2.24) is 0 Å². The molecule has 6 heteroatoms. The lowest BCUT2D eigenvalue weighted by molar-refractivity contribution is 1.07. The third-order valence-electron chi connectivity index (χ3n) is 0.897. The highest BCUT2D eigenvalue weighted by molar-refractivity contribution is 9.28. The Hall–Kier alpha value is 1.000. The second kappa shape index (κ2) is 6.45. The third-order valence-corrected chi connectivity index (χ3v) is 3.19. The standard InChI is InChI=1S/C6H6Br4N2/c1-3(5(7)8)11-12-4(2)6(9)10/h1-2H3. The summed E-state index contributed by atoms with van der Waals surface area (Å²) in [4.78, 5) is 0. The number of nitrogens with zero attached hydrogens (tertiary/aromatic N) is 2. The van der Waals surface area contributed by atoms with E-state index >= 15 is 0 Å². The molecule has 0 fully saturated rings. The molecule has 0 aliphatic rings. The maximum atomic E-state index is 3.94. The van der Waals surface area contributed by atoms with Crippen LogP contribution in [-0.2, 0) is 0 Å². The zero-order chi connectivity index (χ0) is 9.72. The molecule has 0 aliphatic heterocycles. The molecule has 0 aromatic heterocycles. The lowest BCUT2D eigenvalue weighted by atomic mass is 10.6. The fourth-order valence-electron chi connectivity index (χ4n) is 0.226. The Bertz CT molecular complexity index is 220. The fourth-order valence-corrected chi connectivity index (χ4v) is 0.543. The van der Waals surface area contributed by atoms with Crippen molar-refractivity contribution in [2.75, 3.05) is 0 Å². The van der Waals surface area contributed by atoms with Gasteiger partial charge in [0.1, 0.15) is 0 Å². The second-order valence-electron chi connectivity index (χ2n) is 1.89. The molecule has 0 N–H and O–H groups in total. The van der Waals surface area contributed by atoms with Gasteiger partial charge >= 0.3 is 0 Å². The van der Waals surface area contributed by atoms with Gasteiger partial charge in [-0.2, -0.15) is 10.2 Å². The summed E-state index contributed by atoms with van der Waals surface area (Å²) in [5.41, 5.74) is 1.58. The SMILES string of the molecule is CC(N=NC(C)=C(Br)Br)=C(Br)Br. The van der Waals surface area contributed by atoms with Gasteiger partial charge in [-0.15, -0.1) is 0 Å². The average molecular weight is 426 g/mol. The highest BCUT2D eigenvalue weighted by Gasteiger charge is 1.93. The minimum Gasteiger partial charge on any atom is -0.154 e. The number of halogens is 4. The van der Waals surface area contributed by atoms with Gasteiger partial charge in [0.25, 0.3) is 0 Å². The van der Waals surface area contributed by atoms with Crippen LogP contribution in [0.3, 0.4) is 0 Å². The zero-order valence-electron chi connectivity index (χ0n) is 6.41. The largest absolute Gasteiger partial charge is 0.154 e.